The zero-order valence-electron chi connectivity index (χ0n) is 16.0. The van der Waals surface area contributed by atoms with E-state index in [1.807, 2.05) is 40.0 Å². The van der Waals surface area contributed by atoms with Gasteiger partial charge in [-0.3, -0.25) is 4.98 Å². The predicted octanol–water partition coefficient (Wildman–Crippen LogP) is 2.55. The number of hydrogen-bond acceptors (Lipinski definition) is 5. The molecule has 1 aromatic rings. The Balaban J connectivity index is 1.77. The van der Waals surface area contributed by atoms with Crippen molar-refractivity contribution in [1.82, 2.24) is 15.2 Å². The summed E-state index contributed by atoms with van der Waals surface area (Å²) in [6, 6.07) is 4.29. The van der Waals surface area contributed by atoms with E-state index in [-0.39, 0.29) is 18.2 Å². The molecule has 1 fully saturated rings. The van der Waals surface area contributed by atoms with Gasteiger partial charge in [0.2, 0.25) is 0 Å². The largest absolute Gasteiger partial charge is 0.444 e. The number of morpholine rings is 1. The number of ether oxygens (including phenoxy) is 2. The van der Waals surface area contributed by atoms with Crippen LogP contribution >= 0.6 is 0 Å². The van der Waals surface area contributed by atoms with Gasteiger partial charge < -0.3 is 19.7 Å². The lowest BCUT2D eigenvalue weighted by molar-refractivity contribution is -0.0524. The van der Waals surface area contributed by atoms with E-state index in [2.05, 4.69) is 23.3 Å². The van der Waals surface area contributed by atoms with Crippen molar-refractivity contribution in [2.75, 3.05) is 26.2 Å². The molecule has 0 unspecified atom stereocenters. The highest BCUT2D eigenvalue weighted by molar-refractivity contribution is 5.68. The first-order valence-corrected chi connectivity index (χ1v) is 8.99. The molecule has 1 saturated heterocycles. The summed E-state index contributed by atoms with van der Waals surface area (Å²) < 4.78 is 11.3. The second kappa shape index (κ2) is 8.63. The third kappa shape index (κ3) is 6.63. The number of pyridine rings is 1. The number of hydrogen-bond donors (Lipinski definition) is 1. The molecule has 0 bridgehead atoms. The molecule has 1 aromatic heterocycles. The third-order valence-corrected chi connectivity index (χ3v) is 4.16. The van der Waals surface area contributed by atoms with Crippen molar-refractivity contribution < 1.29 is 14.3 Å². The second-order valence-electron chi connectivity index (χ2n) is 7.64. The zero-order chi connectivity index (χ0) is 18.4. The van der Waals surface area contributed by atoms with Gasteiger partial charge in [0.15, 0.2) is 0 Å². The van der Waals surface area contributed by atoms with Crippen LogP contribution in [0.3, 0.4) is 0 Å². The number of carbonyl (C=O) groups excluding carboxylic acids is 1. The summed E-state index contributed by atoms with van der Waals surface area (Å²) >= 11 is 0. The van der Waals surface area contributed by atoms with Crippen LogP contribution < -0.4 is 5.32 Å². The second-order valence-corrected chi connectivity index (χ2v) is 7.64. The number of aromatic nitrogens is 1. The zero-order valence-corrected chi connectivity index (χ0v) is 16.0. The van der Waals surface area contributed by atoms with Crippen LogP contribution in [0.25, 0.3) is 0 Å². The molecule has 1 N–H and O–H groups in total. The lowest BCUT2D eigenvalue weighted by Crippen LogP contribution is -2.53. The number of rotatable bonds is 5. The Hall–Kier alpha value is -1.66. The molecular weight excluding hydrogens is 318 g/mol. The fraction of sp³-hybridized carbons (Fsp3) is 0.684. The lowest BCUT2D eigenvalue weighted by atomic mass is 10.1. The van der Waals surface area contributed by atoms with E-state index < -0.39 is 5.60 Å². The number of nitrogens with zero attached hydrogens (tertiary/aromatic N) is 2. The maximum Gasteiger partial charge on any atom is 0.410 e. The van der Waals surface area contributed by atoms with Gasteiger partial charge in [-0.2, -0.15) is 0 Å². The number of amides is 1. The molecule has 0 aromatic carbocycles. The number of aryl methyl sites for hydroxylation is 1. The summed E-state index contributed by atoms with van der Waals surface area (Å²) in [5, 5.41) is 3.49. The van der Waals surface area contributed by atoms with Crippen molar-refractivity contribution in [3.63, 3.8) is 0 Å². The van der Waals surface area contributed by atoms with Crippen molar-refractivity contribution in [1.29, 1.82) is 0 Å². The smallest absolute Gasteiger partial charge is 0.410 e. The first kappa shape index (κ1) is 19.7. The van der Waals surface area contributed by atoms with E-state index in [0.29, 0.717) is 19.7 Å². The van der Waals surface area contributed by atoms with Crippen molar-refractivity contribution in [2.45, 2.75) is 58.8 Å². The van der Waals surface area contributed by atoms with Crippen LogP contribution in [0.15, 0.2) is 18.3 Å². The lowest BCUT2D eigenvalue weighted by Gasteiger charge is -2.36. The normalized spacial score (nSPS) is 19.6. The number of nitrogens with one attached hydrogen (secondary N) is 1. The minimum absolute atomic E-state index is 0.0302. The van der Waals surface area contributed by atoms with E-state index in [1.165, 1.54) is 5.56 Å². The summed E-state index contributed by atoms with van der Waals surface area (Å²) in [4.78, 5) is 18.3. The summed E-state index contributed by atoms with van der Waals surface area (Å²) in [5.74, 6) is 0. The minimum Gasteiger partial charge on any atom is -0.444 e. The Morgan fingerprint density at radius 1 is 1.48 bits per heavy atom. The van der Waals surface area contributed by atoms with E-state index in [1.54, 1.807) is 4.90 Å². The highest BCUT2D eigenvalue weighted by atomic mass is 16.6. The maximum absolute atomic E-state index is 12.2. The fourth-order valence-electron chi connectivity index (χ4n) is 2.69. The van der Waals surface area contributed by atoms with Crippen LogP contribution in [0.2, 0.25) is 0 Å². The topological polar surface area (TPSA) is 63.7 Å². The van der Waals surface area contributed by atoms with Crippen LogP contribution in [0.4, 0.5) is 4.79 Å². The van der Waals surface area contributed by atoms with E-state index >= 15 is 0 Å². The average Bonchev–Trinajstić information content (AvgIpc) is 2.55. The van der Waals surface area contributed by atoms with Gasteiger partial charge in [0, 0.05) is 24.5 Å². The van der Waals surface area contributed by atoms with Crippen molar-refractivity contribution in [2.24, 2.45) is 0 Å². The first-order chi connectivity index (χ1) is 11.7. The quantitative estimate of drug-likeness (QED) is 0.885. The monoisotopic (exact) mass is 349 g/mol. The van der Waals surface area contributed by atoms with Gasteiger partial charge in [0.25, 0.3) is 0 Å². The summed E-state index contributed by atoms with van der Waals surface area (Å²) in [6.07, 6.45) is 2.54. The van der Waals surface area contributed by atoms with Gasteiger partial charge in [-0.15, -0.1) is 0 Å². The molecule has 1 aliphatic rings. The van der Waals surface area contributed by atoms with Gasteiger partial charge in [0.1, 0.15) is 5.60 Å². The van der Waals surface area contributed by atoms with Crippen LogP contribution in [0, 0.1) is 6.92 Å². The van der Waals surface area contributed by atoms with Gasteiger partial charge >= 0.3 is 6.09 Å². The molecule has 1 amide bonds. The Labute approximate surface area is 150 Å². The SMILES string of the molecule is Cc1ccc(CCN[C@@H](C)[C@H]2CN(C(=O)OC(C)(C)C)CCO2)cn1. The highest BCUT2D eigenvalue weighted by Crippen LogP contribution is 2.14. The Bertz CT molecular complexity index is 554. The van der Waals surface area contributed by atoms with Gasteiger partial charge in [-0.1, -0.05) is 6.07 Å². The molecule has 6 heteroatoms. The molecule has 0 spiro atoms. The Kier molecular flexibility index (Phi) is 6.79. The highest BCUT2D eigenvalue weighted by Gasteiger charge is 2.30. The standard InChI is InChI=1S/C19H31N3O3/c1-14-6-7-16(12-21-14)8-9-20-15(2)17-13-22(10-11-24-17)18(23)25-19(3,4)5/h6-7,12,15,17,20H,8-11,13H2,1-5H3/t15-,17+/m0/s1. The molecule has 25 heavy (non-hydrogen) atoms. The summed E-state index contributed by atoms with van der Waals surface area (Å²) in [6.45, 7) is 12.2. The van der Waals surface area contributed by atoms with Crippen LogP contribution in [0.1, 0.15) is 39.0 Å². The van der Waals surface area contributed by atoms with Crippen molar-refractivity contribution in [3.8, 4) is 0 Å². The van der Waals surface area contributed by atoms with Crippen molar-refractivity contribution >= 4 is 6.09 Å². The molecule has 140 valence electrons. The molecule has 0 saturated carbocycles. The minimum atomic E-state index is -0.475. The molecule has 0 radical (unpaired) electrons. The van der Waals surface area contributed by atoms with E-state index in [0.717, 1.165) is 18.7 Å². The summed E-state index contributed by atoms with van der Waals surface area (Å²) in [7, 11) is 0. The molecule has 0 aliphatic carbocycles. The van der Waals surface area contributed by atoms with Gasteiger partial charge in [-0.05, 0) is 59.2 Å². The van der Waals surface area contributed by atoms with Gasteiger partial charge in [0.05, 0.1) is 19.3 Å². The predicted molar refractivity (Wildman–Crippen MR) is 97.7 cm³/mol. The molecule has 2 rings (SSSR count). The molecule has 2 atom stereocenters. The van der Waals surface area contributed by atoms with E-state index in [4.69, 9.17) is 9.47 Å². The number of carbonyl (C=O) groups is 1. The van der Waals surface area contributed by atoms with E-state index in [9.17, 15) is 4.79 Å². The van der Waals surface area contributed by atoms with Crippen molar-refractivity contribution in [3.05, 3.63) is 29.6 Å². The molecule has 2 heterocycles. The van der Waals surface area contributed by atoms with Crippen LogP contribution in [-0.2, 0) is 15.9 Å². The fourth-order valence-corrected chi connectivity index (χ4v) is 2.69. The Morgan fingerprint density at radius 2 is 2.24 bits per heavy atom. The Morgan fingerprint density at radius 3 is 2.88 bits per heavy atom. The van der Waals surface area contributed by atoms with Crippen LogP contribution in [0.5, 0.6) is 0 Å². The third-order valence-electron chi connectivity index (χ3n) is 4.16. The molecular formula is C19H31N3O3. The summed E-state index contributed by atoms with van der Waals surface area (Å²) in [5.41, 5.74) is 1.77. The van der Waals surface area contributed by atoms with Gasteiger partial charge in [-0.25, -0.2) is 4.79 Å². The molecule has 1 aliphatic heterocycles. The molecule has 6 nitrogen and oxygen atoms in total. The average molecular weight is 349 g/mol. The van der Waals surface area contributed by atoms with Crippen LogP contribution in [-0.4, -0.2) is 60.0 Å². The first-order valence-electron chi connectivity index (χ1n) is 8.99. The maximum atomic E-state index is 12.2.